The van der Waals surface area contributed by atoms with E-state index in [1.165, 1.54) is 24.3 Å². The fraction of sp³-hybridized carbons (Fsp3) is 0.520. The summed E-state index contributed by atoms with van der Waals surface area (Å²) in [6, 6.07) is 6.77. The molecule has 12 heteroatoms. The van der Waals surface area contributed by atoms with Crippen molar-refractivity contribution in [3.8, 4) is 5.75 Å². The molecule has 0 amide bonds. The minimum atomic E-state index is -4.33. The molecule has 37 heavy (non-hydrogen) atoms. The maximum atomic E-state index is 15.5. The molecule has 3 aliphatic rings. The summed E-state index contributed by atoms with van der Waals surface area (Å²) in [5.74, 6) is -3.53. The first-order chi connectivity index (χ1) is 17.0. The topological polar surface area (TPSA) is 110 Å². The van der Waals surface area contributed by atoms with Crippen LogP contribution in [0.3, 0.4) is 0 Å². The van der Waals surface area contributed by atoms with E-state index in [1.807, 2.05) is 0 Å². The number of aliphatic hydroxyl groups excluding tert-OH is 1. The Labute approximate surface area is 221 Å². The molecular weight excluding hydrogens is 548 g/mol. The van der Waals surface area contributed by atoms with Crippen molar-refractivity contribution in [3.63, 3.8) is 0 Å². The number of rotatable bonds is 5. The number of nitrogens with one attached hydrogen (secondary N) is 1. The number of sulfone groups is 1. The fourth-order valence-corrected chi connectivity index (χ4v) is 10.7. The molecule has 0 radical (unpaired) electrons. The second-order valence-corrected chi connectivity index (χ2v) is 14.3. The van der Waals surface area contributed by atoms with E-state index in [2.05, 4.69) is 4.72 Å². The maximum Gasteiger partial charge on any atom is 0.214 e. The van der Waals surface area contributed by atoms with Gasteiger partial charge in [-0.05, 0) is 74.4 Å². The number of sulfonamides is 1. The van der Waals surface area contributed by atoms with Gasteiger partial charge in [0, 0.05) is 23.6 Å². The first-order valence-corrected chi connectivity index (χ1v) is 15.2. The normalized spacial score (nSPS) is 30.2. The molecule has 2 fully saturated rings. The van der Waals surface area contributed by atoms with Crippen LogP contribution in [0.2, 0.25) is 5.02 Å². The Morgan fingerprint density at radius 1 is 1.14 bits per heavy atom. The predicted molar refractivity (Wildman–Crippen MR) is 136 cm³/mol. The minimum absolute atomic E-state index is 0. The lowest BCUT2D eigenvalue weighted by molar-refractivity contribution is 0.0486. The molecule has 5 atom stereocenters. The molecule has 204 valence electrons. The molecule has 1 saturated carbocycles. The van der Waals surface area contributed by atoms with Gasteiger partial charge in [0.1, 0.15) is 10.6 Å². The van der Waals surface area contributed by atoms with Crippen molar-refractivity contribution in [2.45, 2.75) is 60.5 Å². The molecule has 0 unspecified atom stereocenters. The van der Waals surface area contributed by atoms with Crippen molar-refractivity contribution < 1.29 is 35.5 Å². The van der Waals surface area contributed by atoms with Gasteiger partial charge in [-0.2, -0.15) is 0 Å². The molecule has 2 aromatic carbocycles. The van der Waals surface area contributed by atoms with Crippen LogP contribution in [0.5, 0.6) is 5.75 Å². The Morgan fingerprint density at radius 2 is 1.81 bits per heavy atom. The lowest BCUT2D eigenvalue weighted by atomic mass is 9.64. The van der Waals surface area contributed by atoms with E-state index in [9.17, 15) is 26.3 Å². The van der Waals surface area contributed by atoms with Crippen LogP contribution in [-0.4, -0.2) is 46.4 Å². The van der Waals surface area contributed by atoms with Gasteiger partial charge in [0.2, 0.25) is 10.0 Å². The zero-order valence-corrected chi connectivity index (χ0v) is 21.6. The number of fused-ring (bicyclic) bond motifs is 5. The molecule has 7 nitrogen and oxygen atoms in total. The Balaban J connectivity index is 0.00000320. The maximum absolute atomic E-state index is 15.5. The van der Waals surface area contributed by atoms with Crippen LogP contribution in [-0.2, 0) is 24.6 Å². The van der Waals surface area contributed by atoms with Gasteiger partial charge < -0.3 is 9.84 Å². The van der Waals surface area contributed by atoms with Crippen molar-refractivity contribution in [1.82, 2.24) is 4.72 Å². The smallest absolute Gasteiger partial charge is 0.214 e. The quantitative estimate of drug-likeness (QED) is 0.552. The van der Waals surface area contributed by atoms with Crippen molar-refractivity contribution in [3.05, 3.63) is 58.6 Å². The fourth-order valence-electron chi connectivity index (χ4n) is 6.30. The van der Waals surface area contributed by atoms with Crippen LogP contribution in [0.25, 0.3) is 0 Å². The van der Waals surface area contributed by atoms with Gasteiger partial charge in [0.25, 0.3) is 0 Å². The summed E-state index contributed by atoms with van der Waals surface area (Å²) in [6.45, 7) is -0.394. The van der Waals surface area contributed by atoms with Crippen LogP contribution in [0.15, 0.2) is 41.3 Å². The summed E-state index contributed by atoms with van der Waals surface area (Å²) < 4.78 is 91.3. The van der Waals surface area contributed by atoms with Crippen molar-refractivity contribution in [1.29, 1.82) is 0 Å². The van der Waals surface area contributed by atoms with Gasteiger partial charge in [-0.1, -0.05) is 19.0 Å². The summed E-state index contributed by atoms with van der Waals surface area (Å²) in [7, 11) is -8.02. The molecule has 1 aliphatic carbocycles. The largest absolute Gasteiger partial charge is 0.490 e. The number of benzene rings is 2. The van der Waals surface area contributed by atoms with E-state index >= 15 is 4.39 Å². The van der Waals surface area contributed by atoms with E-state index in [1.54, 1.807) is 0 Å². The number of hydrogen-bond donors (Lipinski definition) is 2. The van der Waals surface area contributed by atoms with Crippen LogP contribution in [0.4, 0.5) is 8.78 Å². The van der Waals surface area contributed by atoms with Crippen LogP contribution in [0, 0.1) is 23.5 Å². The minimum Gasteiger partial charge on any atom is -0.490 e. The van der Waals surface area contributed by atoms with Gasteiger partial charge in [-0.3, -0.25) is 0 Å². The molecule has 2 N–H and O–H groups in total. The number of halogens is 3. The lowest BCUT2D eigenvalue weighted by Gasteiger charge is -2.54. The predicted octanol–water partition coefficient (Wildman–Crippen LogP) is 4.17. The highest BCUT2D eigenvalue weighted by Crippen LogP contribution is 2.59. The summed E-state index contributed by atoms with van der Waals surface area (Å²) in [4.78, 5) is -0.0833. The van der Waals surface area contributed by atoms with Gasteiger partial charge in [0.05, 0.1) is 22.3 Å². The lowest BCUT2D eigenvalue weighted by Crippen LogP contribution is -2.63. The van der Waals surface area contributed by atoms with E-state index in [-0.39, 0.29) is 63.2 Å². The van der Waals surface area contributed by atoms with Gasteiger partial charge in [0.15, 0.2) is 21.4 Å². The number of hydrogen-bond acceptors (Lipinski definition) is 6. The van der Waals surface area contributed by atoms with Crippen LogP contribution >= 0.6 is 11.6 Å². The van der Waals surface area contributed by atoms with E-state index in [0.717, 1.165) is 12.1 Å². The van der Waals surface area contributed by atoms with Crippen molar-refractivity contribution >= 4 is 31.5 Å². The molecule has 5 rings (SSSR count). The van der Waals surface area contributed by atoms with E-state index < -0.39 is 65.1 Å². The van der Waals surface area contributed by atoms with Gasteiger partial charge in [-0.15, -0.1) is 0 Å². The number of aliphatic hydroxyl groups is 1. The Morgan fingerprint density at radius 3 is 2.49 bits per heavy atom. The first kappa shape index (κ1) is 28.2. The standard InChI is InChI=1S/C24H26ClF2NO6S2.CH4/c25-14-3-5-15(6-4-14)35(30,31)24-10-9-21-17(12-16(2-1-11-29)36(32,33)28-21)18(24)13-34-23-20(27)8-7-19(26)22(23)24;/h3-8,16-18,21,28-29H,1-2,9-13H2;1H4/t16-,17+,18+,21-,24+;/m1./s1. The van der Waals surface area contributed by atoms with Crippen LogP contribution < -0.4 is 9.46 Å². The van der Waals surface area contributed by atoms with E-state index in [0.29, 0.717) is 5.02 Å². The third-order valence-electron chi connectivity index (χ3n) is 7.93. The number of ether oxygens (including phenoxy) is 1. The molecule has 2 aromatic rings. The Hall–Kier alpha value is -1.79. The molecular formula is C25H30ClF2NO6S2. The molecule has 0 spiro atoms. The van der Waals surface area contributed by atoms with Crippen molar-refractivity contribution in [2.75, 3.05) is 13.2 Å². The summed E-state index contributed by atoms with van der Waals surface area (Å²) in [6.07, 6.45) is 0.581. The van der Waals surface area contributed by atoms with E-state index in [4.69, 9.17) is 16.3 Å². The molecule has 0 bridgehead atoms. The summed E-state index contributed by atoms with van der Waals surface area (Å²) in [5.41, 5.74) is -0.340. The highest BCUT2D eigenvalue weighted by molar-refractivity contribution is 7.92. The second-order valence-electron chi connectivity index (χ2n) is 9.69. The van der Waals surface area contributed by atoms with Crippen LogP contribution in [0.1, 0.15) is 45.1 Å². The third kappa shape index (κ3) is 4.36. The Kier molecular flexibility index (Phi) is 7.68. The highest BCUT2D eigenvalue weighted by atomic mass is 35.5. The molecule has 0 aromatic heterocycles. The zero-order chi connectivity index (χ0) is 25.9. The average Bonchev–Trinajstić information content (AvgIpc) is 2.84. The third-order valence-corrected chi connectivity index (χ3v) is 12.7. The van der Waals surface area contributed by atoms with Gasteiger partial charge >= 0.3 is 0 Å². The highest BCUT2D eigenvalue weighted by Gasteiger charge is 2.64. The zero-order valence-electron chi connectivity index (χ0n) is 19.2. The first-order valence-electron chi connectivity index (χ1n) is 11.8. The molecule has 2 aliphatic heterocycles. The SMILES string of the molecule is C.O=S1(=O)N[C@@H]2CC[C@@]3(S(=O)(=O)c4ccc(Cl)cc4)c4c(F)ccc(F)c4OC[C@H]3[C@@H]2C[C@H]1CCCO. The summed E-state index contributed by atoms with van der Waals surface area (Å²) >= 11 is 5.98. The van der Waals surface area contributed by atoms with Crippen molar-refractivity contribution in [2.24, 2.45) is 11.8 Å². The van der Waals surface area contributed by atoms with Gasteiger partial charge in [-0.25, -0.2) is 30.3 Å². The average molecular weight is 578 g/mol. The monoisotopic (exact) mass is 577 g/mol. The summed E-state index contributed by atoms with van der Waals surface area (Å²) in [5, 5.41) is 8.72. The second kappa shape index (κ2) is 10.1. The Bertz CT molecular complexity index is 1390. The molecule has 2 heterocycles. The molecule has 1 saturated heterocycles.